The number of anilines is 1. The van der Waals surface area contributed by atoms with Crippen LogP contribution in [0.3, 0.4) is 0 Å². The molecular formula is C9H8BrN3. The van der Waals surface area contributed by atoms with Crippen LogP contribution in [0.2, 0.25) is 0 Å². The third-order valence-corrected chi connectivity index (χ3v) is 2.55. The van der Waals surface area contributed by atoms with Crippen molar-refractivity contribution in [3.05, 3.63) is 35.1 Å². The molecule has 0 aliphatic heterocycles. The van der Waals surface area contributed by atoms with Gasteiger partial charge in [0.2, 0.25) is 0 Å². The maximum atomic E-state index is 5.89. The normalized spacial score (nSPS) is 10.2. The molecule has 0 saturated carbocycles. The lowest BCUT2D eigenvalue weighted by Gasteiger charge is -2.03. The number of nitrogen functional groups attached to an aromatic ring is 1. The fourth-order valence-corrected chi connectivity index (χ4v) is 1.55. The molecule has 0 fully saturated rings. The summed E-state index contributed by atoms with van der Waals surface area (Å²) in [5, 5.41) is 6.63. The Balaban J connectivity index is 2.59. The van der Waals surface area contributed by atoms with Gasteiger partial charge in [-0.1, -0.05) is 12.1 Å². The van der Waals surface area contributed by atoms with Crippen molar-refractivity contribution in [3.8, 4) is 11.1 Å². The third-order valence-electron chi connectivity index (χ3n) is 1.86. The molecule has 66 valence electrons. The number of aromatic amines is 1. The minimum absolute atomic E-state index is 0.740. The van der Waals surface area contributed by atoms with Crippen LogP contribution in [0.4, 0.5) is 5.69 Å². The Kier molecular flexibility index (Phi) is 2.06. The van der Waals surface area contributed by atoms with Gasteiger partial charge in [-0.2, -0.15) is 5.10 Å². The molecule has 4 heteroatoms. The average molecular weight is 238 g/mol. The molecule has 0 amide bonds. The van der Waals surface area contributed by atoms with Crippen LogP contribution < -0.4 is 5.73 Å². The molecule has 1 heterocycles. The van der Waals surface area contributed by atoms with Crippen LogP contribution in [0.15, 0.2) is 35.1 Å². The quantitative estimate of drug-likeness (QED) is 0.749. The Labute approximate surface area is 84.1 Å². The largest absolute Gasteiger partial charge is 0.397 e. The van der Waals surface area contributed by atoms with Gasteiger partial charge in [-0.25, -0.2) is 0 Å². The molecule has 0 bridgehead atoms. The van der Waals surface area contributed by atoms with Crippen molar-refractivity contribution in [2.45, 2.75) is 0 Å². The SMILES string of the molecule is Nc1c(Br)cccc1-c1cn[nH]c1. The standard InChI is InChI=1S/C9H8BrN3/c10-8-3-1-2-7(9(8)11)6-4-12-13-5-6/h1-5H,11H2,(H,12,13). The monoisotopic (exact) mass is 237 g/mol. The first kappa shape index (κ1) is 8.31. The molecule has 0 radical (unpaired) electrons. The van der Waals surface area contributed by atoms with E-state index in [1.807, 2.05) is 24.4 Å². The van der Waals surface area contributed by atoms with Gasteiger partial charge in [-0.15, -0.1) is 0 Å². The summed E-state index contributed by atoms with van der Waals surface area (Å²) in [4.78, 5) is 0. The van der Waals surface area contributed by atoms with Gasteiger partial charge in [0, 0.05) is 21.8 Å². The topological polar surface area (TPSA) is 54.7 Å². The van der Waals surface area contributed by atoms with E-state index in [4.69, 9.17) is 5.73 Å². The zero-order valence-electron chi connectivity index (χ0n) is 6.79. The Hall–Kier alpha value is -1.29. The first-order chi connectivity index (χ1) is 6.29. The van der Waals surface area contributed by atoms with Crippen LogP contribution in [-0.2, 0) is 0 Å². The number of para-hydroxylation sites is 1. The summed E-state index contributed by atoms with van der Waals surface area (Å²) < 4.78 is 0.909. The van der Waals surface area contributed by atoms with Gasteiger partial charge in [-0.3, -0.25) is 5.10 Å². The zero-order valence-corrected chi connectivity index (χ0v) is 8.38. The highest BCUT2D eigenvalue weighted by Crippen LogP contribution is 2.30. The number of benzene rings is 1. The highest BCUT2D eigenvalue weighted by molar-refractivity contribution is 9.10. The molecule has 3 N–H and O–H groups in total. The maximum absolute atomic E-state index is 5.89. The number of H-pyrrole nitrogens is 1. The van der Waals surface area contributed by atoms with E-state index in [9.17, 15) is 0 Å². The average Bonchev–Trinajstić information content (AvgIpc) is 2.62. The molecule has 13 heavy (non-hydrogen) atoms. The van der Waals surface area contributed by atoms with Gasteiger partial charge in [0.15, 0.2) is 0 Å². The Bertz CT molecular complexity index is 409. The predicted octanol–water partition coefficient (Wildman–Crippen LogP) is 2.42. The van der Waals surface area contributed by atoms with Crippen molar-refractivity contribution in [1.82, 2.24) is 10.2 Å². The smallest absolute Gasteiger partial charge is 0.0566 e. The molecule has 1 aromatic carbocycles. The summed E-state index contributed by atoms with van der Waals surface area (Å²) in [5.74, 6) is 0. The number of rotatable bonds is 1. The van der Waals surface area contributed by atoms with Crippen LogP contribution in [0, 0.1) is 0 Å². The van der Waals surface area contributed by atoms with Gasteiger partial charge in [0.05, 0.1) is 11.9 Å². The number of nitrogens with two attached hydrogens (primary N) is 1. The number of hydrogen-bond acceptors (Lipinski definition) is 2. The van der Waals surface area contributed by atoms with Crippen LogP contribution in [-0.4, -0.2) is 10.2 Å². The van der Waals surface area contributed by atoms with Crippen molar-refractivity contribution in [2.75, 3.05) is 5.73 Å². The second kappa shape index (κ2) is 3.22. The van der Waals surface area contributed by atoms with Crippen LogP contribution >= 0.6 is 15.9 Å². The summed E-state index contributed by atoms with van der Waals surface area (Å²) >= 11 is 3.38. The zero-order chi connectivity index (χ0) is 9.26. The summed E-state index contributed by atoms with van der Waals surface area (Å²) in [6.07, 6.45) is 3.57. The minimum Gasteiger partial charge on any atom is -0.397 e. The lowest BCUT2D eigenvalue weighted by Crippen LogP contribution is -1.89. The van der Waals surface area contributed by atoms with Gasteiger partial charge in [0.1, 0.15) is 0 Å². The van der Waals surface area contributed by atoms with Crippen molar-refractivity contribution < 1.29 is 0 Å². The summed E-state index contributed by atoms with van der Waals surface area (Å²) in [6, 6.07) is 5.83. The predicted molar refractivity (Wildman–Crippen MR) is 56.1 cm³/mol. The van der Waals surface area contributed by atoms with Gasteiger partial charge < -0.3 is 5.73 Å². The maximum Gasteiger partial charge on any atom is 0.0566 e. The van der Waals surface area contributed by atoms with Gasteiger partial charge in [-0.05, 0) is 22.0 Å². The number of nitrogens with zero attached hydrogens (tertiary/aromatic N) is 1. The van der Waals surface area contributed by atoms with Crippen molar-refractivity contribution in [3.63, 3.8) is 0 Å². The van der Waals surface area contributed by atoms with E-state index in [1.165, 1.54) is 0 Å². The number of halogens is 1. The number of aromatic nitrogens is 2. The minimum atomic E-state index is 0.740. The molecule has 0 atom stereocenters. The van der Waals surface area contributed by atoms with Crippen molar-refractivity contribution in [1.29, 1.82) is 0 Å². The summed E-state index contributed by atoms with van der Waals surface area (Å²) in [7, 11) is 0. The van der Waals surface area contributed by atoms with E-state index in [1.54, 1.807) is 6.20 Å². The molecule has 3 nitrogen and oxygen atoms in total. The third kappa shape index (κ3) is 1.45. The van der Waals surface area contributed by atoms with Crippen LogP contribution in [0.1, 0.15) is 0 Å². The van der Waals surface area contributed by atoms with Crippen LogP contribution in [0.25, 0.3) is 11.1 Å². The first-order valence-electron chi connectivity index (χ1n) is 3.82. The highest BCUT2D eigenvalue weighted by atomic mass is 79.9. The molecule has 0 aliphatic rings. The van der Waals surface area contributed by atoms with Crippen molar-refractivity contribution >= 4 is 21.6 Å². The molecular weight excluding hydrogens is 230 g/mol. The lowest BCUT2D eigenvalue weighted by molar-refractivity contribution is 1.09. The molecule has 2 rings (SSSR count). The molecule has 0 spiro atoms. The number of hydrogen-bond donors (Lipinski definition) is 2. The van der Waals surface area contributed by atoms with Gasteiger partial charge >= 0.3 is 0 Å². The Morgan fingerprint density at radius 1 is 1.38 bits per heavy atom. The number of nitrogens with one attached hydrogen (secondary N) is 1. The summed E-state index contributed by atoms with van der Waals surface area (Å²) in [5.41, 5.74) is 8.61. The highest BCUT2D eigenvalue weighted by Gasteiger charge is 2.05. The fourth-order valence-electron chi connectivity index (χ4n) is 1.19. The molecule has 2 aromatic rings. The van der Waals surface area contributed by atoms with Gasteiger partial charge in [0.25, 0.3) is 0 Å². The Morgan fingerprint density at radius 2 is 2.23 bits per heavy atom. The molecule has 1 aromatic heterocycles. The molecule has 0 unspecified atom stereocenters. The lowest BCUT2D eigenvalue weighted by atomic mass is 10.1. The van der Waals surface area contributed by atoms with Crippen molar-refractivity contribution in [2.24, 2.45) is 0 Å². The summed E-state index contributed by atoms with van der Waals surface area (Å²) in [6.45, 7) is 0. The molecule has 0 aliphatic carbocycles. The second-order valence-electron chi connectivity index (χ2n) is 2.69. The van der Waals surface area contributed by atoms with E-state index < -0.39 is 0 Å². The van der Waals surface area contributed by atoms with E-state index in [-0.39, 0.29) is 0 Å². The second-order valence-corrected chi connectivity index (χ2v) is 3.54. The van der Waals surface area contributed by atoms with Crippen LogP contribution in [0.5, 0.6) is 0 Å². The first-order valence-corrected chi connectivity index (χ1v) is 4.61. The van der Waals surface area contributed by atoms with E-state index in [0.717, 1.165) is 21.3 Å². The molecule has 0 saturated heterocycles. The van der Waals surface area contributed by atoms with E-state index in [2.05, 4.69) is 26.1 Å². The van der Waals surface area contributed by atoms with E-state index in [0.29, 0.717) is 0 Å². The fraction of sp³-hybridized carbons (Fsp3) is 0. The van der Waals surface area contributed by atoms with E-state index >= 15 is 0 Å². The Morgan fingerprint density at radius 3 is 2.92 bits per heavy atom.